The van der Waals surface area contributed by atoms with Crippen LogP contribution in [-0.4, -0.2) is 23.4 Å². The highest BCUT2D eigenvalue weighted by atomic mass is 79.9. The van der Waals surface area contributed by atoms with Crippen LogP contribution in [0.15, 0.2) is 22.7 Å². The van der Waals surface area contributed by atoms with E-state index in [-0.39, 0.29) is 11.6 Å². The molecule has 0 saturated carbocycles. The first-order valence-corrected chi connectivity index (χ1v) is 7.27. The van der Waals surface area contributed by atoms with Crippen molar-refractivity contribution in [2.45, 2.75) is 38.4 Å². The summed E-state index contributed by atoms with van der Waals surface area (Å²) in [5, 5.41) is 0. The van der Waals surface area contributed by atoms with E-state index in [1.807, 2.05) is 6.92 Å². The minimum Gasteiger partial charge on any atom is -0.336 e. The predicted molar refractivity (Wildman–Crippen MR) is 73.5 cm³/mol. The van der Waals surface area contributed by atoms with Gasteiger partial charge in [-0.05, 0) is 44.4 Å². The van der Waals surface area contributed by atoms with E-state index in [0.717, 1.165) is 25.3 Å². The molecule has 1 aromatic carbocycles. The number of likely N-dealkylation sites (tertiary alicyclic amines) is 1. The molecule has 1 atom stereocenters. The first-order valence-electron chi connectivity index (χ1n) is 6.48. The number of amides is 1. The second-order valence-corrected chi connectivity index (χ2v) is 5.95. The Labute approximate surface area is 124 Å². The molecule has 1 fully saturated rings. The van der Waals surface area contributed by atoms with Crippen LogP contribution in [0, 0.1) is 0 Å². The topological polar surface area (TPSA) is 20.3 Å². The highest BCUT2D eigenvalue weighted by Gasteiger charge is 2.37. The van der Waals surface area contributed by atoms with E-state index in [4.69, 9.17) is 0 Å². The van der Waals surface area contributed by atoms with Crippen LogP contribution in [0.25, 0.3) is 0 Å². The third-order valence-corrected chi connectivity index (χ3v) is 4.07. The lowest BCUT2D eigenvalue weighted by Gasteiger charge is -2.34. The Balaban J connectivity index is 2.39. The third-order valence-electron chi connectivity index (χ3n) is 3.58. The summed E-state index contributed by atoms with van der Waals surface area (Å²) >= 11 is 3.02. The summed E-state index contributed by atoms with van der Waals surface area (Å²) < 4.78 is 39.5. The number of rotatable bonds is 1. The molecule has 1 unspecified atom stereocenters. The van der Waals surface area contributed by atoms with Gasteiger partial charge in [-0.15, -0.1) is 0 Å². The molecule has 1 amide bonds. The van der Waals surface area contributed by atoms with Gasteiger partial charge in [-0.3, -0.25) is 4.79 Å². The van der Waals surface area contributed by atoms with Crippen molar-refractivity contribution in [3.05, 3.63) is 33.8 Å². The van der Waals surface area contributed by atoms with Gasteiger partial charge in [-0.2, -0.15) is 13.2 Å². The minimum absolute atomic E-state index is 0.0130. The second-order valence-electron chi connectivity index (χ2n) is 5.03. The van der Waals surface area contributed by atoms with Gasteiger partial charge in [-0.1, -0.05) is 15.9 Å². The van der Waals surface area contributed by atoms with Gasteiger partial charge >= 0.3 is 6.18 Å². The van der Waals surface area contributed by atoms with Gasteiger partial charge in [0.25, 0.3) is 5.91 Å². The van der Waals surface area contributed by atoms with E-state index in [1.54, 1.807) is 4.90 Å². The lowest BCUT2D eigenvalue weighted by atomic mass is 10.00. The number of nitrogens with zero attached hydrogens (tertiary/aromatic N) is 1. The maximum absolute atomic E-state index is 13.1. The predicted octanol–water partition coefficient (Wildman–Crippen LogP) is 4.48. The van der Waals surface area contributed by atoms with E-state index in [9.17, 15) is 18.0 Å². The molecule has 1 aliphatic heterocycles. The Hall–Kier alpha value is -1.04. The number of piperidine rings is 1. The molecule has 1 heterocycles. The fraction of sp³-hybridized carbons (Fsp3) is 0.500. The maximum atomic E-state index is 13.1. The number of carbonyl (C=O) groups is 1. The lowest BCUT2D eigenvalue weighted by molar-refractivity contribution is -0.138. The van der Waals surface area contributed by atoms with Crippen LogP contribution in [0.1, 0.15) is 42.1 Å². The summed E-state index contributed by atoms with van der Waals surface area (Å²) in [6, 6.07) is 3.66. The zero-order valence-electron chi connectivity index (χ0n) is 11.0. The van der Waals surface area contributed by atoms with Gasteiger partial charge in [0.05, 0.1) is 11.1 Å². The van der Waals surface area contributed by atoms with E-state index in [2.05, 4.69) is 15.9 Å². The fourth-order valence-corrected chi connectivity index (χ4v) is 2.85. The first-order chi connectivity index (χ1) is 9.30. The van der Waals surface area contributed by atoms with Crippen LogP contribution < -0.4 is 0 Å². The summed E-state index contributed by atoms with van der Waals surface area (Å²) in [6.07, 6.45) is -1.84. The first kappa shape index (κ1) is 15.4. The molecular formula is C14H15BrF3NO. The van der Waals surface area contributed by atoms with Crippen LogP contribution in [0.4, 0.5) is 13.2 Å². The summed E-state index contributed by atoms with van der Waals surface area (Å²) in [5.41, 5.74) is -1.15. The van der Waals surface area contributed by atoms with E-state index < -0.39 is 17.6 Å². The summed E-state index contributed by atoms with van der Waals surface area (Å²) in [4.78, 5) is 13.9. The van der Waals surface area contributed by atoms with Crippen molar-refractivity contribution in [2.75, 3.05) is 6.54 Å². The van der Waals surface area contributed by atoms with Crippen molar-refractivity contribution in [2.24, 2.45) is 0 Å². The number of halogens is 4. The third kappa shape index (κ3) is 3.16. The molecule has 1 saturated heterocycles. The summed E-state index contributed by atoms with van der Waals surface area (Å²) in [7, 11) is 0. The van der Waals surface area contributed by atoms with Crippen LogP contribution in [0.5, 0.6) is 0 Å². The molecule has 0 bridgehead atoms. The van der Waals surface area contributed by atoms with Crippen molar-refractivity contribution in [3.63, 3.8) is 0 Å². The standard InChI is InChI=1S/C14H15BrF3NO/c1-9-4-2-3-7-19(9)13(20)11-6-5-10(15)8-12(11)14(16,17)18/h5-6,8-9H,2-4,7H2,1H3. The molecule has 0 radical (unpaired) electrons. The highest BCUT2D eigenvalue weighted by molar-refractivity contribution is 9.10. The van der Waals surface area contributed by atoms with Crippen molar-refractivity contribution in [3.8, 4) is 0 Å². The molecule has 110 valence electrons. The minimum atomic E-state index is -4.53. The van der Waals surface area contributed by atoms with Gasteiger partial charge in [0.2, 0.25) is 0 Å². The molecule has 1 aromatic rings. The monoisotopic (exact) mass is 349 g/mol. The Kier molecular flexibility index (Phi) is 4.42. The average Bonchev–Trinajstić information content (AvgIpc) is 2.37. The number of hydrogen-bond donors (Lipinski definition) is 0. The summed E-state index contributed by atoms with van der Waals surface area (Å²) in [5.74, 6) is -0.531. The van der Waals surface area contributed by atoms with Gasteiger partial charge in [-0.25, -0.2) is 0 Å². The average molecular weight is 350 g/mol. The smallest absolute Gasteiger partial charge is 0.336 e. The van der Waals surface area contributed by atoms with Gasteiger partial charge in [0.15, 0.2) is 0 Å². The zero-order valence-corrected chi connectivity index (χ0v) is 12.6. The Morgan fingerprint density at radius 1 is 1.35 bits per heavy atom. The van der Waals surface area contributed by atoms with E-state index in [0.29, 0.717) is 11.0 Å². The largest absolute Gasteiger partial charge is 0.417 e. The van der Waals surface area contributed by atoms with Crippen LogP contribution in [-0.2, 0) is 6.18 Å². The summed E-state index contributed by atoms with van der Waals surface area (Å²) in [6.45, 7) is 2.40. The van der Waals surface area contributed by atoms with E-state index >= 15 is 0 Å². The number of benzene rings is 1. The molecule has 6 heteroatoms. The molecule has 2 rings (SSSR count). The highest BCUT2D eigenvalue weighted by Crippen LogP contribution is 2.35. The quantitative estimate of drug-likeness (QED) is 0.731. The number of carbonyl (C=O) groups excluding carboxylic acids is 1. The van der Waals surface area contributed by atoms with Crippen molar-refractivity contribution in [1.29, 1.82) is 0 Å². The Morgan fingerprint density at radius 3 is 2.65 bits per heavy atom. The molecule has 20 heavy (non-hydrogen) atoms. The number of hydrogen-bond acceptors (Lipinski definition) is 1. The molecule has 0 N–H and O–H groups in total. The fourth-order valence-electron chi connectivity index (χ4n) is 2.49. The van der Waals surface area contributed by atoms with Gasteiger partial charge in [0.1, 0.15) is 0 Å². The molecule has 0 aromatic heterocycles. The second kappa shape index (κ2) is 5.76. The number of alkyl halides is 3. The lowest BCUT2D eigenvalue weighted by Crippen LogP contribution is -2.42. The van der Waals surface area contributed by atoms with Crippen molar-refractivity contribution in [1.82, 2.24) is 4.90 Å². The maximum Gasteiger partial charge on any atom is 0.417 e. The Bertz CT molecular complexity index is 516. The molecule has 0 spiro atoms. The van der Waals surface area contributed by atoms with Crippen LogP contribution >= 0.6 is 15.9 Å². The Morgan fingerprint density at radius 2 is 2.05 bits per heavy atom. The van der Waals surface area contributed by atoms with Gasteiger partial charge < -0.3 is 4.90 Å². The molecule has 2 nitrogen and oxygen atoms in total. The van der Waals surface area contributed by atoms with Gasteiger partial charge in [0, 0.05) is 17.1 Å². The van der Waals surface area contributed by atoms with Crippen LogP contribution in [0.3, 0.4) is 0 Å². The molecular weight excluding hydrogens is 335 g/mol. The van der Waals surface area contributed by atoms with Crippen molar-refractivity contribution >= 4 is 21.8 Å². The van der Waals surface area contributed by atoms with Crippen molar-refractivity contribution < 1.29 is 18.0 Å². The normalized spacial score (nSPS) is 20.1. The molecule has 0 aliphatic carbocycles. The zero-order chi connectivity index (χ0) is 14.9. The SMILES string of the molecule is CC1CCCCN1C(=O)c1ccc(Br)cc1C(F)(F)F. The van der Waals surface area contributed by atoms with Crippen LogP contribution in [0.2, 0.25) is 0 Å². The molecule has 1 aliphatic rings. The van der Waals surface area contributed by atoms with E-state index in [1.165, 1.54) is 12.1 Å².